The third-order valence-corrected chi connectivity index (χ3v) is 6.55. The molecule has 0 radical (unpaired) electrons. The summed E-state index contributed by atoms with van der Waals surface area (Å²) in [4.78, 5) is 27.7. The Kier molecular flexibility index (Phi) is 8.59. The third kappa shape index (κ3) is 6.54. The second-order valence-corrected chi connectivity index (χ2v) is 9.34. The van der Waals surface area contributed by atoms with Crippen LogP contribution in [0.25, 0.3) is 10.6 Å². The maximum absolute atomic E-state index is 13.0. The predicted molar refractivity (Wildman–Crippen MR) is 140 cm³/mol. The molecule has 0 aliphatic heterocycles. The van der Waals surface area contributed by atoms with Crippen LogP contribution in [0.1, 0.15) is 32.8 Å². The lowest BCUT2D eigenvalue weighted by molar-refractivity contribution is -0.119. The number of benzene rings is 2. The average molecular weight is 481 g/mol. The number of hydrogen-bond donors (Lipinski definition) is 3. The van der Waals surface area contributed by atoms with Crippen LogP contribution in [0, 0.1) is 5.92 Å². The van der Waals surface area contributed by atoms with Crippen LogP contribution in [0.5, 0.6) is 0 Å². The Balaban J connectivity index is 1.66. The Hall–Kier alpha value is -3.46. The van der Waals surface area contributed by atoms with Gasteiger partial charge in [0.05, 0.1) is 0 Å². The molecule has 3 rings (SSSR count). The molecule has 0 spiro atoms. The number of carbonyl (C=O) groups is 2. The molecular weight excluding hydrogens is 448 g/mol. The lowest BCUT2D eigenvalue weighted by Gasteiger charge is -2.23. The number of amides is 3. The highest BCUT2D eigenvalue weighted by Gasteiger charge is 2.27. The van der Waals surface area contributed by atoms with Crippen molar-refractivity contribution in [2.75, 3.05) is 29.6 Å². The van der Waals surface area contributed by atoms with E-state index in [0.717, 1.165) is 29.7 Å². The predicted octanol–water partition coefficient (Wildman–Crippen LogP) is 5.01. The van der Waals surface area contributed by atoms with Crippen molar-refractivity contribution in [2.24, 2.45) is 5.92 Å². The van der Waals surface area contributed by atoms with E-state index in [9.17, 15) is 9.59 Å². The fourth-order valence-electron chi connectivity index (χ4n) is 3.36. The molecule has 2 unspecified atom stereocenters. The summed E-state index contributed by atoms with van der Waals surface area (Å²) in [7, 11) is 3.97. The molecule has 1 heterocycles. The fraction of sp³-hybridized carbons (Fsp3) is 0.360. The van der Waals surface area contributed by atoms with Crippen LogP contribution < -0.4 is 20.9 Å². The summed E-state index contributed by atoms with van der Waals surface area (Å²) in [5.41, 5.74) is 3.82. The van der Waals surface area contributed by atoms with E-state index in [1.54, 1.807) is 0 Å². The molecule has 34 heavy (non-hydrogen) atoms. The number of nitrogens with zero attached hydrogens (tertiary/aromatic N) is 3. The highest BCUT2D eigenvalue weighted by molar-refractivity contribution is 7.18. The van der Waals surface area contributed by atoms with Crippen LogP contribution in [0.2, 0.25) is 0 Å². The number of anilines is 3. The van der Waals surface area contributed by atoms with Gasteiger partial charge in [-0.2, -0.15) is 0 Å². The average Bonchev–Trinajstić information content (AvgIpc) is 3.30. The highest BCUT2D eigenvalue weighted by atomic mass is 32.1. The SMILES string of the molecule is CCc1cccc(NC(=O)NC(C(=O)Nc2nnc(-c3ccc(N(C)C)cc3)s2)C(C)CC)c1. The number of carbonyl (C=O) groups excluding carboxylic acids is 2. The maximum atomic E-state index is 13.0. The van der Waals surface area contributed by atoms with Crippen LogP contribution >= 0.6 is 11.3 Å². The molecular formula is C25H32N6O2S. The summed E-state index contributed by atoms with van der Waals surface area (Å²) in [6, 6.07) is 14.5. The zero-order chi connectivity index (χ0) is 24.7. The van der Waals surface area contributed by atoms with Gasteiger partial charge in [-0.1, -0.05) is 50.7 Å². The summed E-state index contributed by atoms with van der Waals surface area (Å²) in [6.45, 7) is 5.97. The highest BCUT2D eigenvalue weighted by Crippen LogP contribution is 2.28. The van der Waals surface area contributed by atoms with Gasteiger partial charge in [0.15, 0.2) is 0 Å². The van der Waals surface area contributed by atoms with Gasteiger partial charge in [-0.15, -0.1) is 10.2 Å². The molecule has 180 valence electrons. The Morgan fingerprint density at radius 2 is 1.76 bits per heavy atom. The molecule has 0 saturated carbocycles. The number of hydrogen-bond acceptors (Lipinski definition) is 6. The van der Waals surface area contributed by atoms with Gasteiger partial charge in [0.1, 0.15) is 11.0 Å². The lowest BCUT2D eigenvalue weighted by Crippen LogP contribution is -2.49. The first kappa shape index (κ1) is 25.2. The smallest absolute Gasteiger partial charge is 0.319 e. The standard InChI is InChI=1S/C25H32N6O2S/c1-6-16(3)21(27-24(33)26-19-10-8-9-17(7-2)15-19)22(32)28-25-30-29-23(34-25)18-11-13-20(14-12-18)31(4)5/h8-16,21H,6-7H2,1-5H3,(H2,26,27,33)(H,28,30,32). The van der Waals surface area contributed by atoms with E-state index in [2.05, 4.69) is 33.1 Å². The zero-order valence-electron chi connectivity index (χ0n) is 20.3. The van der Waals surface area contributed by atoms with Gasteiger partial charge in [-0.05, 0) is 54.3 Å². The molecule has 2 atom stereocenters. The van der Waals surface area contributed by atoms with E-state index in [1.165, 1.54) is 11.3 Å². The van der Waals surface area contributed by atoms with Crippen molar-refractivity contribution in [3.05, 3.63) is 54.1 Å². The normalized spacial score (nSPS) is 12.5. The minimum atomic E-state index is -0.717. The van der Waals surface area contributed by atoms with Gasteiger partial charge >= 0.3 is 6.03 Å². The minimum absolute atomic E-state index is 0.0707. The van der Waals surface area contributed by atoms with Crippen molar-refractivity contribution in [2.45, 2.75) is 39.7 Å². The topological polar surface area (TPSA) is 99.2 Å². The summed E-state index contributed by atoms with van der Waals surface area (Å²) in [6.07, 6.45) is 1.60. The van der Waals surface area contributed by atoms with E-state index in [4.69, 9.17) is 0 Å². The van der Waals surface area contributed by atoms with Crippen LogP contribution in [0.3, 0.4) is 0 Å². The van der Waals surface area contributed by atoms with E-state index >= 15 is 0 Å². The van der Waals surface area contributed by atoms with Crippen molar-refractivity contribution < 1.29 is 9.59 Å². The van der Waals surface area contributed by atoms with Crippen molar-refractivity contribution in [3.8, 4) is 10.6 Å². The molecule has 0 bridgehead atoms. The summed E-state index contributed by atoms with van der Waals surface area (Å²) in [5, 5.41) is 17.9. The largest absolute Gasteiger partial charge is 0.378 e. The monoisotopic (exact) mass is 480 g/mol. The summed E-state index contributed by atoms with van der Waals surface area (Å²) in [5.74, 6) is -0.392. The summed E-state index contributed by atoms with van der Waals surface area (Å²) < 4.78 is 0. The van der Waals surface area contributed by atoms with Crippen molar-refractivity contribution in [3.63, 3.8) is 0 Å². The second-order valence-electron chi connectivity index (χ2n) is 8.36. The molecule has 3 amide bonds. The van der Waals surface area contributed by atoms with E-state index in [1.807, 2.05) is 81.4 Å². The number of nitrogens with one attached hydrogen (secondary N) is 3. The van der Waals surface area contributed by atoms with Crippen molar-refractivity contribution >= 4 is 39.8 Å². The van der Waals surface area contributed by atoms with Gasteiger partial charge in [-0.3, -0.25) is 10.1 Å². The Bertz CT molecular complexity index is 1110. The van der Waals surface area contributed by atoms with Crippen molar-refractivity contribution in [1.29, 1.82) is 0 Å². The molecule has 0 fully saturated rings. The number of rotatable bonds is 9. The molecule has 3 aromatic rings. The quantitative estimate of drug-likeness (QED) is 0.400. The molecule has 0 saturated heterocycles. The number of aryl methyl sites for hydroxylation is 1. The first-order valence-corrected chi connectivity index (χ1v) is 12.2. The molecule has 0 aliphatic rings. The minimum Gasteiger partial charge on any atom is -0.378 e. The molecule has 3 N–H and O–H groups in total. The van der Waals surface area contributed by atoms with Gasteiger partial charge < -0.3 is 15.5 Å². The van der Waals surface area contributed by atoms with E-state index in [-0.39, 0.29) is 11.8 Å². The fourth-order valence-corrected chi connectivity index (χ4v) is 4.11. The van der Waals surface area contributed by atoms with Crippen LogP contribution in [-0.4, -0.2) is 42.3 Å². The first-order valence-electron chi connectivity index (χ1n) is 11.4. The third-order valence-electron chi connectivity index (χ3n) is 5.66. The van der Waals surface area contributed by atoms with Crippen molar-refractivity contribution in [1.82, 2.24) is 15.5 Å². The van der Waals surface area contributed by atoms with Crippen LogP contribution in [0.15, 0.2) is 48.5 Å². The van der Waals surface area contributed by atoms with Gasteiger partial charge in [0.25, 0.3) is 0 Å². The van der Waals surface area contributed by atoms with Crippen LogP contribution in [0.4, 0.5) is 21.3 Å². The maximum Gasteiger partial charge on any atom is 0.319 e. The van der Waals surface area contributed by atoms with Gasteiger partial charge in [-0.25, -0.2) is 4.79 Å². The molecule has 0 aliphatic carbocycles. The van der Waals surface area contributed by atoms with E-state index in [0.29, 0.717) is 15.8 Å². The van der Waals surface area contributed by atoms with Gasteiger partial charge in [0.2, 0.25) is 11.0 Å². The summed E-state index contributed by atoms with van der Waals surface area (Å²) >= 11 is 1.29. The molecule has 1 aromatic heterocycles. The van der Waals surface area contributed by atoms with Crippen LogP contribution in [-0.2, 0) is 11.2 Å². The second kappa shape index (κ2) is 11.6. The number of urea groups is 1. The molecule has 2 aromatic carbocycles. The number of aromatic nitrogens is 2. The van der Waals surface area contributed by atoms with Gasteiger partial charge in [0, 0.05) is 31.0 Å². The van der Waals surface area contributed by atoms with E-state index < -0.39 is 12.1 Å². The Morgan fingerprint density at radius 3 is 2.41 bits per heavy atom. The molecule has 9 heteroatoms. The molecule has 8 nitrogen and oxygen atoms in total. The Morgan fingerprint density at radius 1 is 1.03 bits per heavy atom. The zero-order valence-corrected chi connectivity index (χ0v) is 21.1. The lowest BCUT2D eigenvalue weighted by atomic mass is 9.98. The Labute approximate surface area is 204 Å². The first-order chi connectivity index (χ1) is 16.3.